The largest absolute Gasteiger partial charge is 0.593 e. The predicted octanol–water partition coefficient (Wildman–Crippen LogP) is 7.80. The van der Waals surface area contributed by atoms with E-state index >= 15 is 0 Å². The second-order valence-electron chi connectivity index (χ2n) is 11.4. The van der Waals surface area contributed by atoms with Crippen molar-refractivity contribution in [2.24, 2.45) is 0 Å². The van der Waals surface area contributed by atoms with Gasteiger partial charge in [-0.2, -0.15) is 0 Å². The molecule has 12 heteroatoms. The zero-order chi connectivity index (χ0) is 34.1. The molecule has 0 bridgehead atoms. The lowest BCUT2D eigenvalue weighted by Gasteiger charge is -2.32. The van der Waals surface area contributed by atoms with E-state index in [2.05, 4.69) is 0 Å². The van der Waals surface area contributed by atoms with Crippen LogP contribution in [0.1, 0.15) is 34.7 Å². The Morgan fingerprint density at radius 3 is 1.67 bits per heavy atom. The molecule has 5 nitrogen and oxygen atoms in total. The van der Waals surface area contributed by atoms with Gasteiger partial charge in [-0.25, -0.2) is 26.3 Å². The van der Waals surface area contributed by atoms with Crippen LogP contribution in [0.4, 0.5) is 26.3 Å². The number of benzene rings is 4. The van der Waals surface area contributed by atoms with Crippen LogP contribution in [-0.4, -0.2) is 32.3 Å². The highest BCUT2D eigenvalue weighted by Gasteiger charge is 2.30. The van der Waals surface area contributed by atoms with E-state index in [1.807, 2.05) is 12.1 Å². The Kier molecular flexibility index (Phi) is 9.58. The van der Waals surface area contributed by atoms with Crippen LogP contribution in [0.25, 0.3) is 22.3 Å². The summed E-state index contributed by atoms with van der Waals surface area (Å²) >= 11 is -1.61. The lowest BCUT2D eigenvalue weighted by atomic mass is 9.89. The van der Waals surface area contributed by atoms with Crippen molar-refractivity contribution in [1.29, 1.82) is 0 Å². The van der Waals surface area contributed by atoms with Crippen molar-refractivity contribution in [3.8, 4) is 22.3 Å². The third-order valence-electron chi connectivity index (χ3n) is 8.38. The highest BCUT2D eigenvalue weighted by atomic mass is 32.2. The van der Waals surface area contributed by atoms with Crippen LogP contribution in [0.5, 0.6) is 0 Å². The summed E-state index contributed by atoms with van der Waals surface area (Å²) in [4.78, 5) is 25.9. The van der Waals surface area contributed by atoms with Crippen LogP contribution in [0.15, 0.2) is 101 Å². The van der Waals surface area contributed by atoms with Gasteiger partial charge >= 0.3 is 0 Å². The first-order valence-corrected chi connectivity index (χ1v) is 16.0. The number of aromatic nitrogens is 1. The van der Waals surface area contributed by atoms with Gasteiger partial charge in [0.25, 0.3) is 5.56 Å². The van der Waals surface area contributed by atoms with Gasteiger partial charge in [0.15, 0.2) is 45.6 Å². The van der Waals surface area contributed by atoms with Crippen LogP contribution >= 0.6 is 0 Å². The normalized spacial score (nSPS) is 14.6. The quantitative estimate of drug-likeness (QED) is 0.0727. The molecule has 1 aliphatic heterocycles. The molecule has 0 N–H and O–H groups in total. The van der Waals surface area contributed by atoms with Gasteiger partial charge in [-0.3, -0.25) is 9.59 Å². The van der Waals surface area contributed by atoms with Gasteiger partial charge in [0.2, 0.25) is 0 Å². The standard InChI is InChI=1S/C36H26F6N2O3S/c37-29-15-26(16-30(38)35(29)41)22-3-1-21(2-4-22)24-11-13-44(14-12-24)48(47)28-9-10-34(46)43(19-28)20-33(45)25-7-5-23(6-8-25)27-17-31(39)36(42)32(40)18-27/h1-10,15-19,24H,11-14,20H2. The minimum absolute atomic E-state index is 0.0937. The number of hydrogen-bond acceptors (Lipinski definition) is 4. The second-order valence-corrected chi connectivity index (χ2v) is 12.9. The van der Waals surface area contributed by atoms with E-state index in [0.29, 0.717) is 42.0 Å². The molecule has 1 aliphatic rings. The van der Waals surface area contributed by atoms with Gasteiger partial charge < -0.3 is 9.12 Å². The van der Waals surface area contributed by atoms with E-state index < -0.39 is 57.6 Å². The van der Waals surface area contributed by atoms with E-state index in [0.717, 1.165) is 29.8 Å². The lowest BCUT2D eigenvalue weighted by molar-refractivity contribution is 0.0970. The molecular weight excluding hydrogens is 654 g/mol. The van der Waals surface area contributed by atoms with Crippen LogP contribution in [0.2, 0.25) is 0 Å². The monoisotopic (exact) mass is 680 g/mol. The number of ketones is 1. The molecule has 1 atom stereocenters. The molecular formula is C36H26F6N2O3S. The van der Waals surface area contributed by atoms with Crippen molar-refractivity contribution in [3.05, 3.63) is 148 Å². The summed E-state index contributed by atoms with van der Waals surface area (Å²) in [6, 6.07) is 19.2. The maximum Gasteiger partial charge on any atom is 0.251 e. The fourth-order valence-electron chi connectivity index (χ4n) is 5.73. The first kappa shape index (κ1) is 33.3. The number of piperidine rings is 1. The first-order valence-electron chi connectivity index (χ1n) is 14.9. The second kappa shape index (κ2) is 13.8. The van der Waals surface area contributed by atoms with E-state index in [9.17, 15) is 40.5 Å². The molecule has 0 radical (unpaired) electrons. The van der Waals surface area contributed by atoms with Gasteiger partial charge in [0, 0.05) is 30.8 Å². The number of hydrogen-bond donors (Lipinski definition) is 0. The van der Waals surface area contributed by atoms with E-state index in [1.165, 1.54) is 47.2 Å². The van der Waals surface area contributed by atoms with Crippen molar-refractivity contribution in [2.45, 2.75) is 30.2 Å². The average molecular weight is 681 g/mol. The summed E-state index contributed by atoms with van der Waals surface area (Å²) in [5.41, 5.74) is 1.98. The Morgan fingerprint density at radius 1 is 0.688 bits per heavy atom. The summed E-state index contributed by atoms with van der Waals surface area (Å²) in [5, 5.41) is 0. The van der Waals surface area contributed by atoms with Gasteiger partial charge in [-0.1, -0.05) is 48.5 Å². The Hall–Kier alpha value is -4.65. The molecule has 0 amide bonds. The Labute approximate surface area is 274 Å². The molecule has 1 saturated heterocycles. The van der Waals surface area contributed by atoms with Crippen molar-refractivity contribution in [1.82, 2.24) is 8.87 Å². The maximum absolute atomic E-state index is 13.7. The number of carbonyl (C=O) groups excluding carboxylic acids is 1. The highest BCUT2D eigenvalue weighted by Crippen LogP contribution is 2.33. The van der Waals surface area contributed by atoms with Gasteiger partial charge in [0.05, 0.1) is 24.1 Å². The van der Waals surface area contributed by atoms with Crippen LogP contribution < -0.4 is 5.56 Å². The van der Waals surface area contributed by atoms with Crippen molar-refractivity contribution in [3.63, 3.8) is 0 Å². The number of nitrogens with zero attached hydrogens (tertiary/aromatic N) is 2. The fourth-order valence-corrected chi connectivity index (χ4v) is 6.97. The zero-order valence-corrected chi connectivity index (χ0v) is 25.9. The summed E-state index contributed by atoms with van der Waals surface area (Å²) in [5.74, 6) is -8.55. The Morgan fingerprint density at radius 2 is 1.17 bits per heavy atom. The smallest absolute Gasteiger partial charge is 0.251 e. The third kappa shape index (κ3) is 6.96. The van der Waals surface area contributed by atoms with E-state index in [-0.39, 0.29) is 29.2 Å². The summed E-state index contributed by atoms with van der Waals surface area (Å²) < 4.78 is 97.7. The Bertz CT molecular complexity index is 2000. The topological polar surface area (TPSA) is 65.4 Å². The first-order chi connectivity index (χ1) is 23.0. The molecule has 5 aromatic rings. The minimum Gasteiger partial charge on any atom is -0.593 e. The number of Topliss-reactive ketones (excluding diaryl/α,β-unsaturated/α-hetero) is 1. The molecule has 1 fully saturated rings. The molecule has 246 valence electrons. The molecule has 0 aliphatic carbocycles. The maximum atomic E-state index is 13.7. The molecule has 1 aromatic heterocycles. The third-order valence-corrected chi connectivity index (χ3v) is 9.86. The summed E-state index contributed by atoms with van der Waals surface area (Å²) in [7, 11) is 0. The van der Waals surface area contributed by atoms with Gasteiger partial charge in [0.1, 0.15) is 0 Å². The summed E-state index contributed by atoms with van der Waals surface area (Å²) in [6.45, 7) is 0.637. The molecule has 0 saturated carbocycles. The highest BCUT2D eigenvalue weighted by molar-refractivity contribution is 7.89. The number of halogens is 6. The number of carbonyl (C=O) groups is 1. The van der Waals surface area contributed by atoms with Gasteiger partial charge in [-0.15, -0.1) is 4.31 Å². The molecule has 2 heterocycles. The summed E-state index contributed by atoms with van der Waals surface area (Å²) in [6.07, 6.45) is 2.74. The van der Waals surface area contributed by atoms with Crippen molar-refractivity contribution >= 4 is 17.1 Å². The van der Waals surface area contributed by atoms with E-state index in [1.54, 1.807) is 16.4 Å². The molecule has 1 unspecified atom stereocenters. The average Bonchev–Trinajstić information content (AvgIpc) is 3.10. The molecule has 0 spiro atoms. The number of rotatable bonds is 8. The molecule has 4 aromatic carbocycles. The van der Waals surface area contributed by atoms with Crippen LogP contribution in [0.3, 0.4) is 0 Å². The van der Waals surface area contributed by atoms with Gasteiger partial charge in [-0.05, 0) is 70.8 Å². The van der Waals surface area contributed by atoms with Crippen LogP contribution in [0, 0.1) is 34.9 Å². The SMILES string of the molecule is O=C(Cn1cc([S+]([O-])N2CCC(c3ccc(-c4cc(F)c(F)c(F)c4)cc3)CC2)ccc1=O)c1ccc(-c2cc(F)c(F)c(F)c2)cc1. The fraction of sp³-hybridized carbons (Fsp3) is 0.167. The predicted molar refractivity (Wildman–Crippen MR) is 168 cm³/mol. The molecule has 6 rings (SSSR count). The zero-order valence-electron chi connectivity index (χ0n) is 25.1. The number of pyridine rings is 1. The lowest BCUT2D eigenvalue weighted by Crippen LogP contribution is -2.38. The van der Waals surface area contributed by atoms with Crippen LogP contribution in [-0.2, 0) is 17.9 Å². The minimum atomic E-state index is -1.61. The van der Waals surface area contributed by atoms with Crippen molar-refractivity contribution in [2.75, 3.05) is 13.1 Å². The van der Waals surface area contributed by atoms with Crippen molar-refractivity contribution < 1.29 is 35.7 Å². The Balaban J connectivity index is 1.08. The molecule has 48 heavy (non-hydrogen) atoms. The van der Waals surface area contributed by atoms with E-state index in [4.69, 9.17) is 0 Å².